The zero-order valence-corrected chi connectivity index (χ0v) is 19.6. The maximum Gasteiger partial charge on any atom is 0.216 e. The molecule has 0 bridgehead atoms. The molecule has 2 aliphatic rings. The van der Waals surface area contributed by atoms with Gasteiger partial charge in [0.05, 0.1) is 18.2 Å². The lowest BCUT2D eigenvalue weighted by Gasteiger charge is -2.41. The summed E-state index contributed by atoms with van der Waals surface area (Å²) in [6.07, 6.45) is 7.69. The van der Waals surface area contributed by atoms with Gasteiger partial charge in [-0.15, -0.1) is 0 Å². The molecule has 1 atom stereocenters. The number of nitrogens with zero attached hydrogens (tertiary/aromatic N) is 3. The fourth-order valence-corrected chi connectivity index (χ4v) is 5.47. The Kier molecular flexibility index (Phi) is 7.15. The van der Waals surface area contributed by atoms with E-state index >= 15 is 0 Å². The molecule has 1 aliphatic carbocycles. The number of aryl methyl sites for hydroxylation is 1. The maximum atomic E-state index is 12.2. The van der Waals surface area contributed by atoms with Crippen LogP contribution in [0, 0.1) is 5.92 Å². The number of aromatic nitrogens is 1. The zero-order valence-electron chi connectivity index (χ0n) is 19.6. The molecule has 1 aliphatic heterocycles. The number of methoxy groups -OCH3 is 1. The fraction of sp³-hybridized carbons (Fsp3) is 0.654. The Morgan fingerprint density at radius 2 is 1.84 bits per heavy atom. The molecule has 2 fully saturated rings. The van der Waals surface area contributed by atoms with Gasteiger partial charge in [0.2, 0.25) is 5.88 Å². The van der Waals surface area contributed by atoms with Crippen molar-refractivity contribution >= 4 is 10.9 Å². The van der Waals surface area contributed by atoms with Gasteiger partial charge in [-0.2, -0.15) is 0 Å². The number of pyridine rings is 1. The molecule has 4 rings (SSSR count). The molecule has 2 heterocycles. The number of hydrogen-bond acceptors (Lipinski definition) is 5. The van der Waals surface area contributed by atoms with Crippen molar-refractivity contribution in [3.05, 3.63) is 35.4 Å². The average molecular weight is 426 g/mol. The summed E-state index contributed by atoms with van der Waals surface area (Å²) in [6.45, 7) is 7.51. The molecular formula is C26H39N3O2. The van der Waals surface area contributed by atoms with Crippen LogP contribution in [-0.2, 0) is 12.0 Å². The topological polar surface area (TPSA) is 48.8 Å². The largest absolute Gasteiger partial charge is 0.481 e. The molecule has 1 saturated heterocycles. The molecule has 5 nitrogen and oxygen atoms in total. The lowest BCUT2D eigenvalue weighted by atomic mass is 9.71. The van der Waals surface area contributed by atoms with Crippen LogP contribution in [0.1, 0.15) is 56.6 Å². The van der Waals surface area contributed by atoms with E-state index in [0.717, 1.165) is 80.4 Å². The highest BCUT2D eigenvalue weighted by Crippen LogP contribution is 2.42. The van der Waals surface area contributed by atoms with Crippen molar-refractivity contribution in [2.75, 3.05) is 46.9 Å². The quantitative estimate of drug-likeness (QED) is 0.720. The van der Waals surface area contributed by atoms with Crippen molar-refractivity contribution in [2.45, 2.75) is 57.5 Å². The highest BCUT2D eigenvalue weighted by Gasteiger charge is 2.39. The first-order valence-electron chi connectivity index (χ1n) is 12.1. The number of fused-ring (bicyclic) bond motifs is 1. The Balaban J connectivity index is 1.64. The minimum Gasteiger partial charge on any atom is -0.481 e. The maximum absolute atomic E-state index is 12.2. The molecule has 170 valence electrons. The second-order valence-corrected chi connectivity index (χ2v) is 9.57. The number of hydrogen-bond donors (Lipinski definition) is 1. The molecule has 1 saturated carbocycles. The van der Waals surface area contributed by atoms with Crippen molar-refractivity contribution in [1.82, 2.24) is 14.8 Å². The van der Waals surface area contributed by atoms with Crippen molar-refractivity contribution in [2.24, 2.45) is 5.92 Å². The van der Waals surface area contributed by atoms with Crippen LogP contribution in [0.3, 0.4) is 0 Å². The molecule has 1 aromatic heterocycles. The van der Waals surface area contributed by atoms with Gasteiger partial charge in [-0.25, -0.2) is 4.98 Å². The zero-order chi connectivity index (χ0) is 21.8. The number of likely N-dealkylation sites (N-methyl/N-ethyl adjacent to an activating group) is 1. The third-order valence-corrected chi connectivity index (χ3v) is 7.61. The van der Waals surface area contributed by atoms with E-state index in [1.165, 1.54) is 19.3 Å². The van der Waals surface area contributed by atoms with Crippen LogP contribution in [0.4, 0.5) is 0 Å². The first-order valence-corrected chi connectivity index (χ1v) is 12.1. The van der Waals surface area contributed by atoms with Crippen LogP contribution in [0.2, 0.25) is 0 Å². The summed E-state index contributed by atoms with van der Waals surface area (Å²) in [7, 11) is 3.88. The Hall–Kier alpha value is -1.69. The van der Waals surface area contributed by atoms with Crippen LogP contribution in [0.5, 0.6) is 5.88 Å². The van der Waals surface area contributed by atoms with Crippen molar-refractivity contribution in [3.63, 3.8) is 0 Å². The summed E-state index contributed by atoms with van der Waals surface area (Å²) in [5.41, 5.74) is 2.34. The van der Waals surface area contributed by atoms with E-state index in [2.05, 4.69) is 48.0 Å². The van der Waals surface area contributed by atoms with Gasteiger partial charge >= 0.3 is 0 Å². The van der Waals surface area contributed by atoms with Gasteiger partial charge in [-0.3, -0.25) is 0 Å². The summed E-state index contributed by atoms with van der Waals surface area (Å²) in [5.74, 6) is 1.04. The number of ether oxygens (including phenoxy) is 1. The van der Waals surface area contributed by atoms with Gasteiger partial charge in [0.1, 0.15) is 0 Å². The van der Waals surface area contributed by atoms with E-state index in [1.807, 2.05) is 0 Å². The van der Waals surface area contributed by atoms with Crippen LogP contribution in [0.25, 0.3) is 10.9 Å². The molecule has 31 heavy (non-hydrogen) atoms. The molecule has 0 radical (unpaired) electrons. The van der Waals surface area contributed by atoms with Gasteiger partial charge in [0, 0.05) is 43.7 Å². The standard InChI is InChI=1S/C26H39N3O2/c1-4-20-18-21-19-23(10-11-24(21)27-25(20)31-3)26(30,22-8-6-5-7-9-22)12-13-29-16-14-28(2)15-17-29/h10-11,18-19,22,30H,4-9,12-17H2,1-3H3. The molecule has 1 N–H and O–H groups in total. The highest BCUT2D eigenvalue weighted by molar-refractivity contribution is 5.81. The average Bonchev–Trinajstić information content (AvgIpc) is 2.82. The third-order valence-electron chi connectivity index (χ3n) is 7.61. The Labute approximate surface area is 187 Å². The highest BCUT2D eigenvalue weighted by atomic mass is 16.5. The lowest BCUT2D eigenvalue weighted by molar-refractivity contribution is -0.0537. The predicted octanol–water partition coefficient (Wildman–Crippen LogP) is 4.21. The summed E-state index contributed by atoms with van der Waals surface area (Å²) < 4.78 is 5.48. The minimum atomic E-state index is -0.774. The molecular weight excluding hydrogens is 386 g/mol. The van der Waals surface area contributed by atoms with Gasteiger partial charge in [0.25, 0.3) is 0 Å². The van der Waals surface area contributed by atoms with E-state index in [9.17, 15) is 5.11 Å². The van der Waals surface area contributed by atoms with Crippen molar-refractivity contribution in [1.29, 1.82) is 0 Å². The van der Waals surface area contributed by atoms with E-state index in [0.29, 0.717) is 11.8 Å². The second kappa shape index (κ2) is 9.85. The van der Waals surface area contributed by atoms with E-state index in [-0.39, 0.29) is 0 Å². The number of benzene rings is 1. The lowest BCUT2D eigenvalue weighted by Crippen LogP contribution is -2.47. The predicted molar refractivity (Wildman–Crippen MR) is 127 cm³/mol. The third kappa shape index (κ3) is 4.89. The monoisotopic (exact) mass is 425 g/mol. The molecule has 0 spiro atoms. The smallest absolute Gasteiger partial charge is 0.216 e. The van der Waals surface area contributed by atoms with Crippen molar-refractivity contribution in [3.8, 4) is 5.88 Å². The van der Waals surface area contributed by atoms with Crippen LogP contribution >= 0.6 is 0 Å². The first kappa shape index (κ1) is 22.5. The number of rotatable bonds is 7. The number of aliphatic hydroxyl groups is 1. The van der Waals surface area contributed by atoms with E-state index in [4.69, 9.17) is 9.72 Å². The summed E-state index contributed by atoms with van der Waals surface area (Å²) in [6, 6.07) is 8.56. The Morgan fingerprint density at radius 1 is 1.10 bits per heavy atom. The second-order valence-electron chi connectivity index (χ2n) is 9.57. The summed E-state index contributed by atoms with van der Waals surface area (Å²) >= 11 is 0. The molecule has 5 heteroatoms. The molecule has 2 aromatic rings. The SMILES string of the molecule is CCc1cc2cc(C(O)(CCN3CCN(C)CC3)C3CCCCC3)ccc2nc1OC. The summed E-state index contributed by atoms with van der Waals surface area (Å²) in [5, 5.41) is 13.3. The van der Waals surface area contributed by atoms with E-state index in [1.54, 1.807) is 7.11 Å². The molecule has 1 unspecified atom stereocenters. The van der Waals surface area contributed by atoms with Crippen molar-refractivity contribution < 1.29 is 9.84 Å². The Bertz CT molecular complexity index is 872. The summed E-state index contributed by atoms with van der Waals surface area (Å²) in [4.78, 5) is 9.62. The van der Waals surface area contributed by atoms with Crippen LogP contribution in [0.15, 0.2) is 24.3 Å². The van der Waals surface area contributed by atoms with Crippen LogP contribution < -0.4 is 4.74 Å². The number of piperazine rings is 1. The molecule has 1 aromatic carbocycles. The molecule has 0 amide bonds. The first-order chi connectivity index (χ1) is 15.0. The minimum absolute atomic E-state index is 0.336. The van der Waals surface area contributed by atoms with Crippen LogP contribution in [-0.4, -0.2) is 66.8 Å². The normalized spacial score (nSPS) is 21.3. The Morgan fingerprint density at radius 3 is 2.52 bits per heavy atom. The van der Waals surface area contributed by atoms with Gasteiger partial charge < -0.3 is 19.6 Å². The van der Waals surface area contributed by atoms with Gasteiger partial charge in [-0.05, 0) is 62.4 Å². The van der Waals surface area contributed by atoms with Gasteiger partial charge in [0.15, 0.2) is 0 Å². The van der Waals surface area contributed by atoms with E-state index < -0.39 is 5.60 Å². The van der Waals surface area contributed by atoms with Gasteiger partial charge in [-0.1, -0.05) is 32.3 Å². The fourth-order valence-electron chi connectivity index (χ4n) is 5.47.